The van der Waals surface area contributed by atoms with Gasteiger partial charge < -0.3 is 20.9 Å². The first kappa shape index (κ1) is 38.6. The number of carbonyl (C=O) groups is 1. The first-order valence-corrected chi connectivity index (χ1v) is 17.1. The lowest BCUT2D eigenvalue weighted by Crippen LogP contribution is -2.35. The highest BCUT2D eigenvalue weighted by atomic mass is 35.5. The number of rotatable bonds is 9. The highest BCUT2D eigenvalue weighted by Gasteiger charge is 2.59. The standard InChI is InChI=1S/C38H29ClF7N7O3/c1-36(55,17-56-3)11-10-21-4-5-22(23-7-9-26(39)30-32(23)52(2)51-35(30)47)31(48-21)27(14-18-12-19(40)15-20(41)13-18)49-28(54)16-53-34-29(33(50-53)38(44,45)46)24-6-8-25(24)37(34,42)43/h4-5,7-9,12-13,15,25,27,55H,14,16-17H2,1-3H3,(H2,47,51)(H,49,54). The molecule has 7 rings (SSSR count). The van der Waals surface area contributed by atoms with Crippen molar-refractivity contribution in [1.29, 1.82) is 0 Å². The van der Waals surface area contributed by atoms with Crippen LogP contribution >= 0.6 is 11.6 Å². The number of nitrogen functional groups attached to an aromatic ring is 1. The Labute approximate surface area is 318 Å². The van der Waals surface area contributed by atoms with Gasteiger partial charge >= 0.3 is 12.1 Å². The van der Waals surface area contributed by atoms with Gasteiger partial charge in [0.25, 0.3) is 0 Å². The zero-order valence-electron chi connectivity index (χ0n) is 29.5. The molecule has 0 spiro atoms. The summed E-state index contributed by atoms with van der Waals surface area (Å²) in [5.74, 6) is -3.01. The molecule has 5 aromatic rings. The van der Waals surface area contributed by atoms with E-state index in [2.05, 4.69) is 33.1 Å². The summed E-state index contributed by atoms with van der Waals surface area (Å²) < 4.78 is 109. The second kappa shape index (κ2) is 13.8. The monoisotopic (exact) mass is 799 g/mol. The molecular weight excluding hydrogens is 771 g/mol. The quantitative estimate of drug-likeness (QED) is 0.0883. The van der Waals surface area contributed by atoms with Gasteiger partial charge in [0.1, 0.15) is 35.2 Å². The molecule has 3 atom stereocenters. The lowest BCUT2D eigenvalue weighted by Gasteiger charge is -2.24. The molecule has 3 heterocycles. The molecule has 0 saturated heterocycles. The molecule has 56 heavy (non-hydrogen) atoms. The number of pyridine rings is 1. The number of ether oxygens (including phenoxy) is 1. The van der Waals surface area contributed by atoms with E-state index in [4.69, 9.17) is 27.1 Å². The Morgan fingerprint density at radius 2 is 1.84 bits per heavy atom. The van der Waals surface area contributed by atoms with Gasteiger partial charge in [-0.05, 0) is 61.2 Å². The number of halogens is 8. The zero-order valence-corrected chi connectivity index (χ0v) is 30.3. The van der Waals surface area contributed by atoms with Crippen LogP contribution in [0.1, 0.15) is 46.9 Å². The Hall–Kier alpha value is -5.66. The van der Waals surface area contributed by atoms with Crippen molar-refractivity contribution in [3.63, 3.8) is 0 Å². The lowest BCUT2D eigenvalue weighted by molar-refractivity contribution is -0.142. The van der Waals surface area contributed by atoms with Crippen molar-refractivity contribution in [3.05, 3.63) is 105 Å². The predicted octanol–water partition coefficient (Wildman–Crippen LogP) is 6.49. The van der Waals surface area contributed by atoms with Crippen molar-refractivity contribution in [2.24, 2.45) is 13.0 Å². The van der Waals surface area contributed by atoms with Crippen LogP contribution in [0, 0.1) is 29.4 Å². The number of nitrogens with zero attached hydrogens (tertiary/aromatic N) is 5. The van der Waals surface area contributed by atoms with E-state index in [1.807, 2.05) is 0 Å². The van der Waals surface area contributed by atoms with Crippen molar-refractivity contribution in [2.45, 2.75) is 43.6 Å². The fraction of sp³-hybridized carbons (Fsp3) is 0.289. The number of nitrogens with one attached hydrogen (secondary N) is 1. The largest absolute Gasteiger partial charge is 0.435 e. The normalized spacial score (nSPS) is 17.0. The van der Waals surface area contributed by atoms with Crippen molar-refractivity contribution in [3.8, 4) is 23.0 Å². The molecule has 3 aromatic heterocycles. The summed E-state index contributed by atoms with van der Waals surface area (Å²) in [6.45, 7) is 0.120. The van der Waals surface area contributed by atoms with Crippen LogP contribution in [0.15, 0.2) is 54.3 Å². The number of anilines is 1. The highest BCUT2D eigenvalue weighted by molar-refractivity contribution is 6.37. The van der Waals surface area contributed by atoms with E-state index in [0.29, 0.717) is 32.8 Å². The first-order chi connectivity index (χ1) is 26.3. The van der Waals surface area contributed by atoms with E-state index >= 15 is 8.78 Å². The number of carbonyl (C=O) groups excluding carboxylic acids is 1. The maximum Gasteiger partial charge on any atom is 0.435 e. The molecule has 1 amide bonds. The van der Waals surface area contributed by atoms with E-state index in [0.717, 1.165) is 18.2 Å². The minimum absolute atomic E-state index is 0.0176. The Kier molecular flexibility index (Phi) is 9.53. The van der Waals surface area contributed by atoms with Crippen molar-refractivity contribution in [2.75, 3.05) is 19.5 Å². The number of fused-ring (bicyclic) bond motifs is 4. The van der Waals surface area contributed by atoms with Gasteiger partial charge in [0.05, 0.1) is 40.2 Å². The molecule has 3 unspecified atom stereocenters. The SMILES string of the molecule is COCC(C)(O)C#Cc1ccc(-c2ccc(Cl)c3c(N)nn(C)c23)c(C(Cc2cc(F)cc(F)c2)NC(=O)Cn2nc(C(F)(F)F)c3c2C(F)(F)C2C=C=C32)n1. The Morgan fingerprint density at radius 1 is 1.14 bits per heavy atom. The molecule has 2 aliphatic rings. The summed E-state index contributed by atoms with van der Waals surface area (Å²) in [4.78, 5) is 18.6. The van der Waals surface area contributed by atoms with E-state index in [1.54, 1.807) is 25.2 Å². The molecule has 0 fully saturated rings. The second-order valence-electron chi connectivity index (χ2n) is 13.6. The predicted molar refractivity (Wildman–Crippen MR) is 190 cm³/mol. The molecular formula is C38H29ClF7N7O3. The minimum Gasteiger partial charge on any atom is -0.382 e. The average Bonchev–Trinajstić information content (AvgIpc) is 3.64. The maximum atomic E-state index is 15.5. The van der Waals surface area contributed by atoms with E-state index in [9.17, 15) is 31.9 Å². The maximum absolute atomic E-state index is 15.5. The number of aliphatic hydroxyl groups is 1. The van der Waals surface area contributed by atoms with Crippen LogP contribution in [0.2, 0.25) is 5.02 Å². The number of nitrogens with two attached hydrogens (primary N) is 1. The first-order valence-electron chi connectivity index (χ1n) is 16.7. The average molecular weight is 800 g/mol. The molecule has 0 radical (unpaired) electrons. The van der Waals surface area contributed by atoms with Gasteiger partial charge in [0.15, 0.2) is 11.5 Å². The van der Waals surface area contributed by atoms with Crippen LogP contribution in [0.3, 0.4) is 0 Å². The molecule has 10 nitrogen and oxygen atoms in total. The molecule has 18 heteroatoms. The number of alkyl halides is 5. The highest BCUT2D eigenvalue weighted by Crippen LogP contribution is 2.58. The van der Waals surface area contributed by atoms with Gasteiger partial charge in [-0.15, -0.1) is 5.73 Å². The van der Waals surface area contributed by atoms with Crippen molar-refractivity contribution < 1.29 is 45.4 Å². The molecule has 4 N–H and O–H groups in total. The number of benzene rings is 2. The van der Waals surface area contributed by atoms with Crippen LogP contribution < -0.4 is 11.1 Å². The Balaban J connectivity index is 1.38. The Morgan fingerprint density at radius 3 is 2.48 bits per heavy atom. The molecule has 290 valence electrons. The second-order valence-corrected chi connectivity index (χ2v) is 14.0. The fourth-order valence-electron chi connectivity index (χ4n) is 7.02. The van der Waals surface area contributed by atoms with E-state index in [-0.39, 0.29) is 46.4 Å². The van der Waals surface area contributed by atoms with Gasteiger partial charge in [-0.1, -0.05) is 23.6 Å². The third-order valence-corrected chi connectivity index (χ3v) is 9.61. The number of methoxy groups -OCH3 is 1. The Bertz CT molecular complexity index is 2560. The van der Waals surface area contributed by atoms with Crippen molar-refractivity contribution in [1.82, 2.24) is 29.9 Å². The van der Waals surface area contributed by atoms with E-state index in [1.165, 1.54) is 24.8 Å². The number of aromatic nitrogens is 5. The number of aryl methyl sites for hydroxylation is 1. The summed E-state index contributed by atoms with van der Waals surface area (Å²) in [6, 6.07) is 7.51. The molecule has 2 aromatic carbocycles. The third kappa shape index (κ3) is 6.90. The summed E-state index contributed by atoms with van der Waals surface area (Å²) in [6.07, 6.45) is -4.56. The van der Waals surface area contributed by atoms with Crippen molar-refractivity contribution >= 4 is 39.8 Å². The summed E-state index contributed by atoms with van der Waals surface area (Å²) in [5, 5.41) is 21.6. The summed E-state index contributed by atoms with van der Waals surface area (Å²) in [7, 11) is 2.96. The van der Waals surface area contributed by atoms with Crippen LogP contribution in [-0.4, -0.2) is 54.9 Å². The van der Waals surface area contributed by atoms with Crippen LogP contribution in [0.4, 0.5) is 36.6 Å². The zero-order chi connectivity index (χ0) is 40.5. The number of amides is 1. The van der Waals surface area contributed by atoms with Gasteiger partial charge in [-0.2, -0.15) is 32.1 Å². The molecule has 0 bridgehead atoms. The molecule has 2 aliphatic carbocycles. The topological polar surface area (TPSA) is 133 Å². The molecule has 0 aliphatic heterocycles. The van der Waals surface area contributed by atoms with Crippen LogP contribution in [0.25, 0.3) is 27.6 Å². The lowest BCUT2D eigenvalue weighted by atomic mass is 9.90. The number of allylic oxidation sites excluding steroid dienone is 1. The van der Waals surface area contributed by atoms with E-state index < -0.39 is 70.7 Å². The summed E-state index contributed by atoms with van der Waals surface area (Å²) >= 11 is 6.50. The van der Waals surface area contributed by atoms with Gasteiger partial charge in [0, 0.05) is 42.5 Å². The minimum atomic E-state index is -5.14. The van der Waals surface area contributed by atoms with Crippen LogP contribution in [0.5, 0.6) is 0 Å². The van der Waals surface area contributed by atoms with Crippen LogP contribution in [-0.2, 0) is 41.6 Å². The van der Waals surface area contributed by atoms with Gasteiger partial charge in [-0.25, -0.2) is 13.8 Å². The van der Waals surface area contributed by atoms with Gasteiger partial charge in [-0.3, -0.25) is 14.2 Å². The third-order valence-electron chi connectivity index (χ3n) is 9.30. The molecule has 0 saturated carbocycles. The summed E-state index contributed by atoms with van der Waals surface area (Å²) in [5.41, 5.74) is 4.29. The number of hydrogen-bond acceptors (Lipinski definition) is 7. The number of hydrogen-bond donors (Lipinski definition) is 3. The fourth-order valence-corrected chi connectivity index (χ4v) is 7.26. The smallest absolute Gasteiger partial charge is 0.382 e. The van der Waals surface area contributed by atoms with Gasteiger partial charge in [0.2, 0.25) is 5.91 Å².